The molecule has 1 N–H and O–H groups in total. The lowest BCUT2D eigenvalue weighted by Crippen LogP contribution is -2.48. The van der Waals surface area contributed by atoms with Crippen LogP contribution in [0.15, 0.2) is 91.1 Å². The molecule has 2 amide bonds. The van der Waals surface area contributed by atoms with E-state index in [2.05, 4.69) is 15.2 Å². The number of aromatic nitrogens is 1. The Hall–Kier alpha value is -4.56. The predicted molar refractivity (Wildman–Crippen MR) is 148 cm³/mol. The molecule has 2 heterocycles. The van der Waals surface area contributed by atoms with Gasteiger partial charge in [-0.1, -0.05) is 36.4 Å². The lowest BCUT2D eigenvalue weighted by molar-refractivity contribution is 0.0627. The van der Waals surface area contributed by atoms with Gasteiger partial charge >= 0.3 is 0 Å². The number of hydrogen-bond acceptors (Lipinski definition) is 5. The van der Waals surface area contributed by atoms with Gasteiger partial charge in [0.25, 0.3) is 11.8 Å². The zero-order chi connectivity index (χ0) is 27.2. The number of pyridine rings is 1. The van der Waals surface area contributed by atoms with Crippen LogP contribution >= 0.6 is 0 Å². The Labute approximate surface area is 226 Å². The predicted octanol–water partition coefficient (Wildman–Crippen LogP) is 5.11. The maximum atomic E-state index is 13.1. The summed E-state index contributed by atoms with van der Waals surface area (Å²) in [6.07, 6.45) is 1.45. The van der Waals surface area contributed by atoms with Crippen molar-refractivity contribution >= 4 is 17.5 Å². The number of carbonyl (C=O) groups is 2. The third-order valence-electron chi connectivity index (χ3n) is 6.79. The minimum atomic E-state index is -0.347. The molecule has 0 aliphatic carbocycles. The lowest BCUT2D eigenvalue weighted by Gasteiger charge is -2.34. The average molecular weight is 525 g/mol. The van der Waals surface area contributed by atoms with Crippen molar-refractivity contribution in [2.75, 3.05) is 38.6 Å². The Morgan fingerprint density at radius 3 is 2.08 bits per heavy atom. The third-order valence-corrected chi connectivity index (χ3v) is 6.79. The molecule has 1 aliphatic heterocycles. The summed E-state index contributed by atoms with van der Waals surface area (Å²) < 4.78 is 18.3. The fourth-order valence-corrected chi connectivity index (χ4v) is 4.52. The van der Waals surface area contributed by atoms with Crippen LogP contribution in [-0.4, -0.2) is 59.9 Å². The van der Waals surface area contributed by atoms with E-state index in [1.807, 2.05) is 48.5 Å². The average Bonchev–Trinajstić information content (AvgIpc) is 2.99. The van der Waals surface area contributed by atoms with E-state index in [1.54, 1.807) is 36.3 Å². The molecule has 1 saturated heterocycles. The van der Waals surface area contributed by atoms with E-state index in [-0.39, 0.29) is 23.3 Å². The molecule has 0 spiro atoms. The minimum Gasteiger partial charge on any atom is -0.497 e. The van der Waals surface area contributed by atoms with Crippen molar-refractivity contribution < 1.29 is 18.7 Å². The molecule has 1 fully saturated rings. The van der Waals surface area contributed by atoms with Crippen molar-refractivity contribution in [1.82, 2.24) is 14.8 Å². The molecule has 8 heteroatoms. The van der Waals surface area contributed by atoms with E-state index in [9.17, 15) is 14.0 Å². The summed E-state index contributed by atoms with van der Waals surface area (Å²) in [6, 6.07) is 25.0. The number of ether oxygens (including phenoxy) is 1. The molecule has 3 aromatic carbocycles. The van der Waals surface area contributed by atoms with Gasteiger partial charge in [0.15, 0.2) is 0 Å². The van der Waals surface area contributed by atoms with E-state index < -0.39 is 0 Å². The highest BCUT2D eigenvalue weighted by Gasteiger charge is 2.23. The van der Waals surface area contributed by atoms with Gasteiger partial charge in [-0.05, 0) is 65.2 Å². The molecule has 0 bridgehead atoms. The minimum absolute atomic E-state index is 0.106. The van der Waals surface area contributed by atoms with Crippen molar-refractivity contribution in [3.8, 4) is 16.9 Å². The maximum absolute atomic E-state index is 13.1. The second-order valence-electron chi connectivity index (χ2n) is 9.39. The normalized spacial score (nSPS) is 13.6. The van der Waals surface area contributed by atoms with Gasteiger partial charge in [0, 0.05) is 44.6 Å². The van der Waals surface area contributed by atoms with Gasteiger partial charge in [0.1, 0.15) is 17.3 Å². The maximum Gasteiger partial charge on any atom is 0.274 e. The van der Waals surface area contributed by atoms with Crippen LogP contribution in [0.4, 0.5) is 10.1 Å². The molecule has 0 saturated carbocycles. The number of rotatable bonds is 7. The van der Waals surface area contributed by atoms with Gasteiger partial charge in [-0.15, -0.1) is 0 Å². The van der Waals surface area contributed by atoms with E-state index in [0.717, 1.165) is 42.1 Å². The van der Waals surface area contributed by atoms with Crippen molar-refractivity contribution in [3.63, 3.8) is 0 Å². The number of anilines is 1. The quantitative estimate of drug-likeness (QED) is 0.364. The number of hydrogen-bond donors (Lipinski definition) is 1. The van der Waals surface area contributed by atoms with E-state index >= 15 is 0 Å². The van der Waals surface area contributed by atoms with Gasteiger partial charge in [-0.2, -0.15) is 0 Å². The van der Waals surface area contributed by atoms with Crippen LogP contribution in [0.5, 0.6) is 5.75 Å². The zero-order valence-corrected chi connectivity index (χ0v) is 21.6. The van der Waals surface area contributed by atoms with Crippen LogP contribution in [0.25, 0.3) is 11.1 Å². The third kappa shape index (κ3) is 6.48. The number of methoxy groups -OCH3 is 1. The summed E-state index contributed by atoms with van der Waals surface area (Å²) in [5, 5.41) is 2.85. The molecule has 7 nitrogen and oxygen atoms in total. The smallest absolute Gasteiger partial charge is 0.274 e. The van der Waals surface area contributed by atoms with Crippen molar-refractivity contribution in [2.24, 2.45) is 0 Å². The number of benzene rings is 3. The fourth-order valence-electron chi connectivity index (χ4n) is 4.52. The first-order valence-corrected chi connectivity index (χ1v) is 12.8. The summed E-state index contributed by atoms with van der Waals surface area (Å²) >= 11 is 0. The van der Waals surface area contributed by atoms with Crippen molar-refractivity contribution in [1.29, 1.82) is 0 Å². The Bertz CT molecular complexity index is 1420. The molecule has 39 heavy (non-hydrogen) atoms. The Morgan fingerprint density at radius 2 is 1.49 bits per heavy atom. The molecule has 0 atom stereocenters. The van der Waals surface area contributed by atoms with E-state index in [1.165, 1.54) is 18.3 Å². The highest BCUT2D eigenvalue weighted by Crippen LogP contribution is 2.24. The highest BCUT2D eigenvalue weighted by molar-refractivity contribution is 6.03. The highest BCUT2D eigenvalue weighted by atomic mass is 19.1. The first kappa shape index (κ1) is 26.1. The van der Waals surface area contributed by atoms with E-state index in [4.69, 9.17) is 4.74 Å². The lowest BCUT2D eigenvalue weighted by atomic mass is 10.1. The molecule has 5 rings (SSSR count). The second kappa shape index (κ2) is 11.9. The molecule has 0 radical (unpaired) electrons. The number of carbonyl (C=O) groups excluding carboxylic acids is 2. The van der Waals surface area contributed by atoms with Crippen LogP contribution in [0.2, 0.25) is 0 Å². The summed E-state index contributed by atoms with van der Waals surface area (Å²) in [4.78, 5) is 34.0. The SMILES string of the molecule is COc1ccc(-c2ccc(NC(=O)c3ccc(C(=O)N4CCN(Cc5ccc(F)cc5)CC4)cn3)cc2)cc1. The molecule has 198 valence electrons. The van der Waals surface area contributed by atoms with Crippen LogP contribution in [0.3, 0.4) is 0 Å². The van der Waals surface area contributed by atoms with E-state index in [0.29, 0.717) is 24.3 Å². The largest absolute Gasteiger partial charge is 0.497 e. The Balaban J connectivity index is 1.13. The summed E-state index contributed by atoms with van der Waals surface area (Å²) in [5.41, 5.74) is 4.44. The standard InChI is InChI=1S/C31H29FN4O3/c1-39-28-13-6-24(7-14-28)23-4-11-27(12-5-23)34-30(37)29-15-8-25(20-33-29)31(38)36-18-16-35(17-19-36)21-22-2-9-26(32)10-3-22/h2-15,20H,16-19,21H2,1H3,(H,34,37). The number of nitrogens with one attached hydrogen (secondary N) is 1. The van der Waals surface area contributed by atoms with Gasteiger partial charge < -0.3 is 15.0 Å². The number of amides is 2. The molecular weight excluding hydrogens is 495 g/mol. The van der Waals surface area contributed by atoms with Gasteiger partial charge in [0.05, 0.1) is 12.7 Å². The molecule has 1 aromatic heterocycles. The topological polar surface area (TPSA) is 74.8 Å². The fraction of sp³-hybridized carbons (Fsp3) is 0.194. The number of halogens is 1. The summed E-state index contributed by atoms with van der Waals surface area (Å²) in [6.45, 7) is 3.37. The van der Waals surface area contributed by atoms with Crippen LogP contribution in [0.1, 0.15) is 26.4 Å². The van der Waals surface area contributed by atoms with Crippen LogP contribution < -0.4 is 10.1 Å². The summed E-state index contributed by atoms with van der Waals surface area (Å²) in [7, 11) is 1.63. The molecular formula is C31H29FN4O3. The molecule has 1 aliphatic rings. The van der Waals surface area contributed by atoms with Gasteiger partial charge in [-0.25, -0.2) is 4.39 Å². The second-order valence-corrected chi connectivity index (χ2v) is 9.39. The first-order chi connectivity index (χ1) is 19.0. The van der Waals surface area contributed by atoms with Crippen molar-refractivity contribution in [2.45, 2.75) is 6.54 Å². The monoisotopic (exact) mass is 524 g/mol. The van der Waals surface area contributed by atoms with Crippen LogP contribution in [0, 0.1) is 5.82 Å². The van der Waals surface area contributed by atoms with Gasteiger partial charge in [0.2, 0.25) is 0 Å². The number of nitrogens with zero attached hydrogens (tertiary/aromatic N) is 3. The van der Waals surface area contributed by atoms with Crippen molar-refractivity contribution in [3.05, 3.63) is 114 Å². The molecule has 0 unspecified atom stereocenters. The Morgan fingerprint density at radius 1 is 0.846 bits per heavy atom. The van der Waals surface area contributed by atoms with Crippen LogP contribution in [-0.2, 0) is 6.54 Å². The van der Waals surface area contributed by atoms with Gasteiger partial charge in [-0.3, -0.25) is 19.5 Å². The zero-order valence-electron chi connectivity index (χ0n) is 21.6. The first-order valence-electron chi connectivity index (χ1n) is 12.8. The number of piperazine rings is 1. The summed E-state index contributed by atoms with van der Waals surface area (Å²) in [5.74, 6) is 0.0975. The molecule has 4 aromatic rings. The Kier molecular flexibility index (Phi) is 7.94.